The molecule has 1 saturated heterocycles. The van der Waals surface area contributed by atoms with E-state index in [0.29, 0.717) is 13.1 Å². The molecule has 0 unspecified atom stereocenters. The number of nitrogens with zero attached hydrogens (tertiary/aromatic N) is 3. The van der Waals surface area contributed by atoms with Gasteiger partial charge in [0.2, 0.25) is 11.8 Å². The Balaban J connectivity index is 1.75. The molecule has 116 valence electrons. The predicted octanol–water partition coefficient (Wildman–Crippen LogP) is 1.03. The Morgan fingerprint density at radius 1 is 1.48 bits per heavy atom. The van der Waals surface area contributed by atoms with E-state index < -0.39 is 0 Å². The van der Waals surface area contributed by atoms with Gasteiger partial charge in [0.05, 0.1) is 0 Å². The average Bonchev–Trinajstić information content (AvgIpc) is 2.88. The van der Waals surface area contributed by atoms with Crippen molar-refractivity contribution in [1.82, 2.24) is 19.8 Å². The number of nitrogens with one attached hydrogen (secondary N) is 1. The van der Waals surface area contributed by atoms with Crippen LogP contribution in [0.5, 0.6) is 0 Å². The van der Waals surface area contributed by atoms with E-state index in [1.54, 1.807) is 22.9 Å². The normalized spacial score (nSPS) is 18.6. The summed E-state index contributed by atoms with van der Waals surface area (Å²) in [5.74, 6) is 0.714. The standard InChI is InChI=1S/C14H22N4O2S/c1-11(19)18-8-4-3-5-12(18)13(20)15-7-10-21-14-16-6-9-17(14)2/h6,9,12H,3-5,7-8,10H2,1-2H3,(H,15,20)/t12-/m1/s1. The number of hydrogen-bond donors (Lipinski definition) is 1. The monoisotopic (exact) mass is 310 g/mol. The summed E-state index contributed by atoms with van der Waals surface area (Å²) in [5, 5.41) is 3.87. The second-order valence-electron chi connectivity index (χ2n) is 5.18. The molecule has 2 rings (SSSR count). The molecule has 7 heteroatoms. The number of rotatable bonds is 5. The van der Waals surface area contributed by atoms with Crippen molar-refractivity contribution < 1.29 is 9.59 Å². The summed E-state index contributed by atoms with van der Waals surface area (Å²) in [6.07, 6.45) is 6.40. The minimum absolute atomic E-state index is 0.0164. The highest BCUT2D eigenvalue weighted by Gasteiger charge is 2.29. The van der Waals surface area contributed by atoms with Crippen molar-refractivity contribution in [2.75, 3.05) is 18.8 Å². The van der Waals surface area contributed by atoms with Gasteiger partial charge in [0.1, 0.15) is 6.04 Å². The van der Waals surface area contributed by atoms with Gasteiger partial charge in [-0.3, -0.25) is 9.59 Å². The van der Waals surface area contributed by atoms with E-state index in [4.69, 9.17) is 0 Å². The molecule has 1 atom stereocenters. The van der Waals surface area contributed by atoms with Crippen LogP contribution in [0.15, 0.2) is 17.6 Å². The first-order valence-electron chi connectivity index (χ1n) is 7.24. The molecule has 6 nitrogen and oxygen atoms in total. The predicted molar refractivity (Wildman–Crippen MR) is 82.0 cm³/mol. The summed E-state index contributed by atoms with van der Waals surface area (Å²) in [4.78, 5) is 29.7. The van der Waals surface area contributed by atoms with Crippen molar-refractivity contribution in [3.63, 3.8) is 0 Å². The van der Waals surface area contributed by atoms with Gasteiger partial charge in [-0.1, -0.05) is 11.8 Å². The van der Waals surface area contributed by atoms with Gasteiger partial charge in [-0.05, 0) is 19.3 Å². The molecule has 2 heterocycles. The number of carbonyl (C=O) groups excluding carboxylic acids is 2. The lowest BCUT2D eigenvalue weighted by Crippen LogP contribution is -2.51. The van der Waals surface area contributed by atoms with Crippen molar-refractivity contribution in [3.05, 3.63) is 12.4 Å². The SMILES string of the molecule is CC(=O)N1CCCC[C@@H]1C(=O)NCCSc1nccn1C. The van der Waals surface area contributed by atoms with Crippen molar-refractivity contribution in [1.29, 1.82) is 0 Å². The number of hydrogen-bond acceptors (Lipinski definition) is 4. The third-order valence-electron chi connectivity index (χ3n) is 3.62. The van der Waals surface area contributed by atoms with Gasteiger partial charge >= 0.3 is 0 Å². The zero-order chi connectivity index (χ0) is 15.2. The Morgan fingerprint density at radius 2 is 2.29 bits per heavy atom. The molecule has 1 aliphatic rings. The molecular formula is C14H22N4O2S. The van der Waals surface area contributed by atoms with Crippen LogP contribution in [0.1, 0.15) is 26.2 Å². The van der Waals surface area contributed by atoms with Crippen LogP contribution in [-0.4, -0.2) is 51.1 Å². The van der Waals surface area contributed by atoms with E-state index in [2.05, 4.69) is 10.3 Å². The highest BCUT2D eigenvalue weighted by molar-refractivity contribution is 7.99. The zero-order valence-electron chi connectivity index (χ0n) is 12.5. The molecule has 0 aromatic carbocycles. The molecule has 0 bridgehead atoms. The Kier molecular flexibility index (Phi) is 5.67. The highest BCUT2D eigenvalue weighted by atomic mass is 32.2. The number of carbonyl (C=O) groups is 2. The molecule has 0 aliphatic carbocycles. The van der Waals surface area contributed by atoms with Crippen LogP contribution in [-0.2, 0) is 16.6 Å². The molecule has 2 amide bonds. The summed E-state index contributed by atoms with van der Waals surface area (Å²) in [7, 11) is 1.95. The van der Waals surface area contributed by atoms with Gasteiger partial charge in [-0.15, -0.1) is 0 Å². The topological polar surface area (TPSA) is 67.2 Å². The average molecular weight is 310 g/mol. The van der Waals surface area contributed by atoms with Gasteiger partial charge in [0.25, 0.3) is 0 Å². The Hall–Kier alpha value is -1.50. The third-order valence-corrected chi connectivity index (χ3v) is 4.68. The van der Waals surface area contributed by atoms with Crippen LogP contribution in [0.3, 0.4) is 0 Å². The molecule has 1 aromatic rings. The van der Waals surface area contributed by atoms with Crippen molar-refractivity contribution in [2.45, 2.75) is 37.4 Å². The lowest BCUT2D eigenvalue weighted by Gasteiger charge is -2.33. The molecule has 0 spiro atoms. The first-order valence-corrected chi connectivity index (χ1v) is 8.23. The van der Waals surface area contributed by atoms with Gasteiger partial charge in [0, 0.05) is 45.2 Å². The van der Waals surface area contributed by atoms with E-state index >= 15 is 0 Å². The molecule has 1 aromatic heterocycles. The quantitative estimate of drug-likeness (QED) is 0.651. The van der Waals surface area contributed by atoms with Crippen molar-refractivity contribution >= 4 is 23.6 Å². The van der Waals surface area contributed by atoms with Gasteiger partial charge < -0.3 is 14.8 Å². The largest absolute Gasteiger partial charge is 0.353 e. The Bertz CT molecular complexity index is 503. The second kappa shape index (κ2) is 7.49. The minimum Gasteiger partial charge on any atom is -0.353 e. The zero-order valence-corrected chi connectivity index (χ0v) is 13.4. The number of thioether (sulfide) groups is 1. The maximum atomic E-state index is 12.2. The lowest BCUT2D eigenvalue weighted by atomic mass is 10.0. The second-order valence-corrected chi connectivity index (χ2v) is 6.25. The molecule has 0 radical (unpaired) electrons. The lowest BCUT2D eigenvalue weighted by molar-refractivity contribution is -0.140. The fourth-order valence-electron chi connectivity index (χ4n) is 2.51. The maximum Gasteiger partial charge on any atom is 0.242 e. The number of aryl methyl sites for hydroxylation is 1. The first-order chi connectivity index (χ1) is 10.1. The van der Waals surface area contributed by atoms with Gasteiger partial charge in [-0.25, -0.2) is 4.98 Å². The van der Waals surface area contributed by atoms with E-state index in [1.807, 2.05) is 17.8 Å². The maximum absolute atomic E-state index is 12.2. The minimum atomic E-state index is -0.297. The van der Waals surface area contributed by atoms with Crippen LogP contribution < -0.4 is 5.32 Å². The van der Waals surface area contributed by atoms with Crippen LogP contribution in [0, 0.1) is 0 Å². The number of piperidine rings is 1. The summed E-state index contributed by atoms with van der Waals surface area (Å²) < 4.78 is 1.95. The summed E-state index contributed by atoms with van der Waals surface area (Å²) >= 11 is 1.61. The van der Waals surface area contributed by atoms with E-state index in [0.717, 1.165) is 30.2 Å². The number of amides is 2. The van der Waals surface area contributed by atoms with Crippen LogP contribution in [0.2, 0.25) is 0 Å². The molecule has 1 fully saturated rings. The Morgan fingerprint density at radius 3 is 2.95 bits per heavy atom. The smallest absolute Gasteiger partial charge is 0.242 e. The molecule has 21 heavy (non-hydrogen) atoms. The molecule has 0 saturated carbocycles. The summed E-state index contributed by atoms with van der Waals surface area (Å²) in [5.41, 5.74) is 0. The van der Waals surface area contributed by atoms with Crippen molar-refractivity contribution in [2.24, 2.45) is 7.05 Å². The fraction of sp³-hybridized carbons (Fsp3) is 0.643. The van der Waals surface area contributed by atoms with Crippen LogP contribution in [0.4, 0.5) is 0 Å². The molecule has 1 N–H and O–H groups in total. The van der Waals surface area contributed by atoms with Gasteiger partial charge in [0.15, 0.2) is 5.16 Å². The third kappa shape index (κ3) is 4.23. The van der Waals surface area contributed by atoms with Crippen LogP contribution in [0.25, 0.3) is 0 Å². The summed E-state index contributed by atoms with van der Waals surface area (Å²) in [6.45, 7) is 2.80. The summed E-state index contributed by atoms with van der Waals surface area (Å²) in [6, 6.07) is -0.297. The van der Waals surface area contributed by atoms with Crippen LogP contribution >= 0.6 is 11.8 Å². The number of likely N-dealkylation sites (tertiary alicyclic amines) is 1. The van der Waals surface area contributed by atoms with Gasteiger partial charge in [-0.2, -0.15) is 0 Å². The van der Waals surface area contributed by atoms with E-state index in [1.165, 1.54) is 6.92 Å². The Labute approximate surface area is 129 Å². The first kappa shape index (κ1) is 15.9. The number of aromatic nitrogens is 2. The highest BCUT2D eigenvalue weighted by Crippen LogP contribution is 2.17. The fourth-order valence-corrected chi connectivity index (χ4v) is 3.29. The van der Waals surface area contributed by atoms with Crippen molar-refractivity contribution in [3.8, 4) is 0 Å². The molecule has 1 aliphatic heterocycles. The number of imidazole rings is 1. The van der Waals surface area contributed by atoms with E-state index in [-0.39, 0.29) is 17.9 Å². The van der Waals surface area contributed by atoms with E-state index in [9.17, 15) is 9.59 Å². The molecular weight excluding hydrogens is 288 g/mol.